The Kier molecular flexibility index (Phi) is 5.27. The van der Waals surface area contributed by atoms with Gasteiger partial charge in [-0.3, -0.25) is 14.4 Å². The van der Waals surface area contributed by atoms with Gasteiger partial charge in [0.05, 0.1) is 0 Å². The van der Waals surface area contributed by atoms with Gasteiger partial charge in [0.15, 0.2) is 18.9 Å². The fraction of sp³-hybridized carbons (Fsp3) is 0. The van der Waals surface area contributed by atoms with E-state index in [1.807, 2.05) is 60.7 Å². The Morgan fingerprint density at radius 2 is 1.00 bits per heavy atom. The van der Waals surface area contributed by atoms with Crippen LogP contribution in [0.15, 0.2) is 72.8 Å². The minimum absolute atomic E-state index is 0.143. The SMILES string of the molecule is O=Cc1cc(P(c2ccccc2)c2ccccc2)cc(C=O)c1C=O. The van der Waals surface area contributed by atoms with Crippen molar-refractivity contribution in [3.63, 3.8) is 0 Å². The summed E-state index contributed by atoms with van der Waals surface area (Å²) in [5.74, 6) is 0. The highest BCUT2D eigenvalue weighted by atomic mass is 31.1. The van der Waals surface area contributed by atoms with Gasteiger partial charge in [-0.1, -0.05) is 60.7 Å². The third-order valence-electron chi connectivity index (χ3n) is 3.89. The summed E-state index contributed by atoms with van der Waals surface area (Å²) in [4.78, 5) is 34.1. The monoisotopic (exact) mass is 346 g/mol. The van der Waals surface area contributed by atoms with Gasteiger partial charge in [0.25, 0.3) is 0 Å². The maximum atomic E-state index is 11.4. The third kappa shape index (κ3) is 3.47. The Morgan fingerprint density at radius 3 is 1.36 bits per heavy atom. The highest BCUT2D eigenvalue weighted by Gasteiger charge is 2.19. The van der Waals surface area contributed by atoms with E-state index in [4.69, 9.17) is 0 Å². The molecule has 0 aliphatic heterocycles. The van der Waals surface area contributed by atoms with Crippen molar-refractivity contribution in [1.82, 2.24) is 0 Å². The molecule has 25 heavy (non-hydrogen) atoms. The van der Waals surface area contributed by atoms with Crippen molar-refractivity contribution in [3.05, 3.63) is 89.5 Å². The Labute approximate surface area is 147 Å². The van der Waals surface area contributed by atoms with Crippen molar-refractivity contribution in [1.29, 1.82) is 0 Å². The van der Waals surface area contributed by atoms with Crippen LogP contribution in [-0.2, 0) is 0 Å². The van der Waals surface area contributed by atoms with Gasteiger partial charge in [0.2, 0.25) is 0 Å². The summed E-state index contributed by atoms with van der Waals surface area (Å²) in [6, 6.07) is 23.3. The van der Waals surface area contributed by atoms with Crippen LogP contribution in [0.25, 0.3) is 0 Å². The van der Waals surface area contributed by atoms with E-state index in [1.54, 1.807) is 12.1 Å². The first-order valence-corrected chi connectivity index (χ1v) is 9.06. The maximum absolute atomic E-state index is 11.4. The van der Waals surface area contributed by atoms with E-state index < -0.39 is 7.92 Å². The summed E-state index contributed by atoms with van der Waals surface area (Å²) in [5.41, 5.74) is 0.632. The van der Waals surface area contributed by atoms with Gasteiger partial charge in [-0.2, -0.15) is 0 Å². The first-order valence-electron chi connectivity index (χ1n) is 7.72. The summed E-state index contributed by atoms with van der Waals surface area (Å²) in [6.07, 6.45) is 1.82. The molecule has 0 spiro atoms. The lowest BCUT2D eigenvalue weighted by molar-refractivity contribution is 0.108. The van der Waals surface area contributed by atoms with E-state index in [0.717, 1.165) is 15.9 Å². The Hall–Kier alpha value is -2.90. The molecule has 122 valence electrons. The first-order chi connectivity index (χ1) is 12.3. The van der Waals surface area contributed by atoms with Crippen LogP contribution < -0.4 is 15.9 Å². The molecule has 0 atom stereocenters. The zero-order valence-corrected chi connectivity index (χ0v) is 14.2. The zero-order chi connectivity index (χ0) is 17.6. The molecule has 0 saturated carbocycles. The van der Waals surface area contributed by atoms with E-state index in [1.165, 1.54) is 0 Å². The topological polar surface area (TPSA) is 51.2 Å². The molecule has 0 radical (unpaired) electrons. The first kappa shape index (κ1) is 16.9. The molecule has 0 amide bonds. The molecule has 0 saturated heterocycles. The van der Waals surface area contributed by atoms with Crippen LogP contribution in [0.5, 0.6) is 0 Å². The second-order valence-electron chi connectivity index (χ2n) is 5.40. The van der Waals surface area contributed by atoms with Crippen LogP contribution >= 0.6 is 7.92 Å². The molecule has 3 aromatic rings. The molecule has 3 nitrogen and oxygen atoms in total. The van der Waals surface area contributed by atoms with Gasteiger partial charge in [0.1, 0.15) is 0 Å². The van der Waals surface area contributed by atoms with Crippen molar-refractivity contribution in [3.8, 4) is 0 Å². The molecule has 0 aromatic heterocycles. The van der Waals surface area contributed by atoms with Crippen LogP contribution in [0, 0.1) is 0 Å². The summed E-state index contributed by atoms with van der Waals surface area (Å²) >= 11 is 0. The van der Waals surface area contributed by atoms with Gasteiger partial charge < -0.3 is 0 Å². The highest BCUT2D eigenvalue weighted by molar-refractivity contribution is 7.79. The smallest absolute Gasteiger partial charge is 0.151 e. The van der Waals surface area contributed by atoms with E-state index >= 15 is 0 Å². The molecule has 0 bridgehead atoms. The molecule has 0 heterocycles. The van der Waals surface area contributed by atoms with E-state index in [-0.39, 0.29) is 16.7 Å². The molecule has 0 unspecified atom stereocenters. The van der Waals surface area contributed by atoms with Crippen molar-refractivity contribution in [2.75, 3.05) is 0 Å². The Balaban J connectivity index is 2.26. The number of hydrogen-bond acceptors (Lipinski definition) is 3. The number of carbonyl (C=O) groups excluding carboxylic acids is 3. The van der Waals surface area contributed by atoms with Gasteiger partial charge >= 0.3 is 0 Å². The molecule has 3 rings (SSSR count). The van der Waals surface area contributed by atoms with Crippen LogP contribution in [0.3, 0.4) is 0 Å². The Morgan fingerprint density at radius 1 is 0.560 bits per heavy atom. The average Bonchev–Trinajstić information content (AvgIpc) is 2.69. The van der Waals surface area contributed by atoms with Gasteiger partial charge in [0, 0.05) is 16.7 Å². The number of carbonyl (C=O) groups is 3. The average molecular weight is 346 g/mol. The summed E-state index contributed by atoms with van der Waals surface area (Å²) in [7, 11) is -0.941. The summed E-state index contributed by atoms with van der Waals surface area (Å²) in [6.45, 7) is 0. The predicted octanol–water partition coefficient (Wildman–Crippen LogP) is 2.88. The molecular formula is C21H15O3P. The summed E-state index contributed by atoms with van der Waals surface area (Å²) < 4.78 is 0. The summed E-state index contributed by atoms with van der Waals surface area (Å²) in [5, 5.41) is 3.08. The minimum Gasteiger partial charge on any atom is -0.298 e. The highest BCUT2D eigenvalue weighted by Crippen LogP contribution is 2.33. The molecule has 3 aromatic carbocycles. The molecular weight excluding hydrogens is 331 g/mol. The molecule has 0 N–H and O–H groups in total. The van der Waals surface area contributed by atoms with Crippen LogP contribution in [0.1, 0.15) is 31.1 Å². The number of hydrogen-bond donors (Lipinski definition) is 0. The largest absolute Gasteiger partial charge is 0.298 e. The van der Waals surface area contributed by atoms with E-state index in [2.05, 4.69) is 0 Å². The second-order valence-corrected chi connectivity index (χ2v) is 7.62. The quantitative estimate of drug-likeness (QED) is 0.509. The molecule has 0 aliphatic carbocycles. The van der Waals surface area contributed by atoms with Crippen LogP contribution in [-0.4, -0.2) is 18.9 Å². The van der Waals surface area contributed by atoms with Gasteiger partial charge in [-0.05, 0) is 36.0 Å². The third-order valence-corrected chi connectivity index (χ3v) is 6.29. The number of aldehydes is 3. The predicted molar refractivity (Wildman–Crippen MR) is 101 cm³/mol. The van der Waals surface area contributed by atoms with E-state index in [0.29, 0.717) is 18.9 Å². The zero-order valence-electron chi connectivity index (χ0n) is 13.3. The Bertz CT molecular complexity index is 836. The number of rotatable bonds is 6. The van der Waals surface area contributed by atoms with Gasteiger partial charge in [-0.15, -0.1) is 0 Å². The lowest BCUT2D eigenvalue weighted by Gasteiger charge is -2.20. The normalized spacial score (nSPS) is 10.4. The van der Waals surface area contributed by atoms with Crippen LogP contribution in [0.4, 0.5) is 0 Å². The molecule has 0 aliphatic rings. The minimum atomic E-state index is -0.941. The van der Waals surface area contributed by atoms with Crippen molar-refractivity contribution < 1.29 is 14.4 Å². The van der Waals surface area contributed by atoms with Crippen molar-refractivity contribution in [2.24, 2.45) is 0 Å². The number of benzene rings is 3. The van der Waals surface area contributed by atoms with Crippen molar-refractivity contribution in [2.45, 2.75) is 0 Å². The lowest BCUT2D eigenvalue weighted by Crippen LogP contribution is -2.22. The van der Waals surface area contributed by atoms with Crippen molar-refractivity contribution >= 4 is 42.7 Å². The molecule has 4 heteroatoms. The maximum Gasteiger partial charge on any atom is 0.151 e. The fourth-order valence-corrected chi connectivity index (χ4v) is 5.12. The standard InChI is InChI=1S/C21H15O3P/c22-13-16-11-20(12-17(14-23)21(16)15-24)25(18-7-3-1-4-8-18)19-9-5-2-6-10-19/h1-15H. The van der Waals surface area contributed by atoms with Crippen LogP contribution in [0.2, 0.25) is 0 Å². The fourth-order valence-electron chi connectivity index (χ4n) is 2.74. The van der Waals surface area contributed by atoms with Gasteiger partial charge in [-0.25, -0.2) is 0 Å². The molecule has 0 fully saturated rings. The lowest BCUT2D eigenvalue weighted by atomic mass is 10.0. The second kappa shape index (κ2) is 7.78. The van der Waals surface area contributed by atoms with E-state index in [9.17, 15) is 14.4 Å².